The second-order valence-electron chi connectivity index (χ2n) is 5.93. The number of aromatic nitrogens is 2. The molecule has 7 heteroatoms. The number of rotatable bonds is 3. The van der Waals surface area contributed by atoms with Gasteiger partial charge in [-0.3, -0.25) is 0 Å². The molecule has 2 aromatic rings. The summed E-state index contributed by atoms with van der Waals surface area (Å²) in [5, 5.41) is 2.81. The number of urea groups is 1. The number of amides is 2. The fourth-order valence-electron chi connectivity index (χ4n) is 2.87. The number of aryl methyl sites for hydroxylation is 1. The van der Waals surface area contributed by atoms with Crippen molar-refractivity contribution in [3.63, 3.8) is 0 Å². The number of carbonyl (C=O) groups excluding carboxylic acids is 1. The summed E-state index contributed by atoms with van der Waals surface area (Å²) in [5.74, 6) is -0.272. The third-order valence-electron chi connectivity index (χ3n) is 4.09. The van der Waals surface area contributed by atoms with Gasteiger partial charge in [0.1, 0.15) is 5.82 Å². The first-order valence-corrected chi connectivity index (χ1v) is 7.53. The Kier molecular flexibility index (Phi) is 4.29. The van der Waals surface area contributed by atoms with Crippen molar-refractivity contribution in [2.75, 3.05) is 13.1 Å². The van der Waals surface area contributed by atoms with Crippen molar-refractivity contribution in [2.45, 2.75) is 18.5 Å². The molecule has 1 fully saturated rings. The predicted octanol–water partition coefficient (Wildman–Crippen LogP) is 1.20. The molecular formula is C16H20FN5O. The van der Waals surface area contributed by atoms with Gasteiger partial charge < -0.3 is 20.5 Å². The van der Waals surface area contributed by atoms with Crippen LogP contribution in [0.15, 0.2) is 36.8 Å². The minimum absolute atomic E-state index is 0.0381. The summed E-state index contributed by atoms with van der Waals surface area (Å²) >= 11 is 0. The lowest BCUT2D eigenvalue weighted by molar-refractivity contribution is 0.207. The average Bonchev–Trinajstić information content (AvgIpc) is 3.11. The van der Waals surface area contributed by atoms with Crippen LogP contribution >= 0.6 is 0 Å². The number of nitrogens with one attached hydrogen (secondary N) is 1. The summed E-state index contributed by atoms with van der Waals surface area (Å²) in [4.78, 5) is 18.3. The second kappa shape index (κ2) is 6.37. The van der Waals surface area contributed by atoms with Crippen molar-refractivity contribution < 1.29 is 9.18 Å². The third kappa shape index (κ3) is 3.50. The molecule has 0 spiro atoms. The maximum Gasteiger partial charge on any atom is 0.317 e. The third-order valence-corrected chi connectivity index (χ3v) is 4.09. The van der Waals surface area contributed by atoms with Gasteiger partial charge in [-0.25, -0.2) is 14.2 Å². The van der Waals surface area contributed by atoms with Gasteiger partial charge in [0.25, 0.3) is 0 Å². The van der Waals surface area contributed by atoms with E-state index in [9.17, 15) is 9.18 Å². The molecule has 0 radical (unpaired) electrons. The summed E-state index contributed by atoms with van der Waals surface area (Å²) in [6, 6.07) is 5.86. The van der Waals surface area contributed by atoms with E-state index in [1.807, 2.05) is 17.8 Å². The van der Waals surface area contributed by atoms with Gasteiger partial charge in [0.15, 0.2) is 0 Å². The number of imidazole rings is 1. The minimum Gasteiger partial charge on any atom is -0.340 e. The smallest absolute Gasteiger partial charge is 0.317 e. The van der Waals surface area contributed by atoms with E-state index in [0.717, 1.165) is 11.3 Å². The first-order valence-electron chi connectivity index (χ1n) is 7.53. The molecule has 23 heavy (non-hydrogen) atoms. The van der Waals surface area contributed by atoms with Crippen LogP contribution in [0.5, 0.6) is 0 Å². The Balaban J connectivity index is 1.58. The van der Waals surface area contributed by atoms with Crippen LogP contribution in [0.4, 0.5) is 9.18 Å². The topological polar surface area (TPSA) is 76.2 Å². The maximum absolute atomic E-state index is 13.1. The molecule has 1 aromatic heterocycles. The van der Waals surface area contributed by atoms with Gasteiger partial charge in [0.2, 0.25) is 0 Å². The normalized spacial score (nSPS) is 20.7. The maximum atomic E-state index is 13.1. The number of likely N-dealkylation sites (tertiary alicyclic amines) is 1. The lowest BCUT2D eigenvalue weighted by Crippen LogP contribution is -2.39. The zero-order chi connectivity index (χ0) is 16.4. The Bertz CT molecular complexity index is 701. The van der Waals surface area contributed by atoms with E-state index in [2.05, 4.69) is 10.3 Å². The average molecular weight is 317 g/mol. The lowest BCUT2D eigenvalue weighted by Gasteiger charge is -2.17. The summed E-state index contributed by atoms with van der Waals surface area (Å²) in [7, 11) is 1.90. The van der Waals surface area contributed by atoms with Crippen LogP contribution in [0.2, 0.25) is 0 Å². The van der Waals surface area contributed by atoms with E-state index in [4.69, 9.17) is 5.73 Å². The monoisotopic (exact) mass is 317 g/mol. The van der Waals surface area contributed by atoms with E-state index < -0.39 is 0 Å². The highest BCUT2D eigenvalue weighted by Gasteiger charge is 2.35. The number of hydrogen-bond acceptors (Lipinski definition) is 3. The molecule has 0 unspecified atom stereocenters. The molecule has 1 aromatic carbocycles. The van der Waals surface area contributed by atoms with Crippen LogP contribution in [0.25, 0.3) is 0 Å². The molecule has 1 saturated heterocycles. The van der Waals surface area contributed by atoms with E-state index in [1.165, 1.54) is 12.1 Å². The Morgan fingerprint density at radius 2 is 2.30 bits per heavy atom. The van der Waals surface area contributed by atoms with Gasteiger partial charge in [0, 0.05) is 44.8 Å². The van der Waals surface area contributed by atoms with E-state index in [-0.39, 0.29) is 30.4 Å². The molecule has 3 N–H and O–H groups in total. The lowest BCUT2D eigenvalue weighted by atomic mass is 10.0. The van der Waals surface area contributed by atoms with Gasteiger partial charge in [-0.1, -0.05) is 12.1 Å². The number of halogens is 1. The molecule has 1 aliphatic heterocycles. The molecular weight excluding hydrogens is 297 g/mol. The highest BCUT2D eigenvalue weighted by Crippen LogP contribution is 2.25. The molecule has 3 rings (SSSR count). The molecule has 2 atom stereocenters. The zero-order valence-electron chi connectivity index (χ0n) is 12.9. The first kappa shape index (κ1) is 15.5. The van der Waals surface area contributed by atoms with E-state index in [0.29, 0.717) is 13.1 Å². The van der Waals surface area contributed by atoms with Gasteiger partial charge in [0.05, 0.1) is 12.0 Å². The highest BCUT2D eigenvalue weighted by molar-refractivity contribution is 5.74. The number of nitrogens with two attached hydrogens (primary N) is 1. The summed E-state index contributed by atoms with van der Waals surface area (Å²) in [5.41, 5.74) is 7.78. The van der Waals surface area contributed by atoms with Crippen molar-refractivity contribution in [2.24, 2.45) is 12.8 Å². The molecule has 6 nitrogen and oxygen atoms in total. The van der Waals surface area contributed by atoms with Crippen molar-refractivity contribution in [3.8, 4) is 0 Å². The van der Waals surface area contributed by atoms with Crippen molar-refractivity contribution in [1.29, 1.82) is 0 Å². The molecule has 0 bridgehead atoms. The van der Waals surface area contributed by atoms with Crippen LogP contribution < -0.4 is 11.1 Å². The molecule has 122 valence electrons. The number of benzene rings is 1. The van der Waals surface area contributed by atoms with Gasteiger partial charge in [-0.05, 0) is 17.7 Å². The van der Waals surface area contributed by atoms with Crippen LogP contribution in [0, 0.1) is 5.82 Å². The molecule has 2 amide bonds. The Labute approximate surface area is 134 Å². The molecule has 0 aliphatic carbocycles. The summed E-state index contributed by atoms with van der Waals surface area (Å²) in [6.07, 6.45) is 3.66. The second-order valence-corrected chi connectivity index (χ2v) is 5.93. The largest absolute Gasteiger partial charge is 0.340 e. The van der Waals surface area contributed by atoms with E-state index >= 15 is 0 Å². The number of carbonyl (C=O) groups is 1. The SMILES string of the molecule is Cn1cnc([C@@H]2CN(C(=O)NCc3cccc(F)c3)C[C@H]2N)c1. The Morgan fingerprint density at radius 1 is 1.48 bits per heavy atom. The Morgan fingerprint density at radius 3 is 3.00 bits per heavy atom. The van der Waals surface area contributed by atoms with Crippen molar-refractivity contribution in [1.82, 2.24) is 19.8 Å². The zero-order valence-corrected chi connectivity index (χ0v) is 12.9. The van der Waals surface area contributed by atoms with Crippen molar-refractivity contribution >= 4 is 6.03 Å². The van der Waals surface area contributed by atoms with Crippen LogP contribution in [0.1, 0.15) is 17.2 Å². The fourth-order valence-corrected chi connectivity index (χ4v) is 2.87. The van der Waals surface area contributed by atoms with Gasteiger partial charge in [-0.15, -0.1) is 0 Å². The predicted molar refractivity (Wildman–Crippen MR) is 84.1 cm³/mol. The standard InChI is InChI=1S/C16H20FN5O/c1-21-9-15(20-10-21)13-7-22(8-14(13)18)16(23)19-6-11-3-2-4-12(17)5-11/h2-5,9-10,13-14H,6-8,18H2,1H3,(H,19,23)/t13-,14-/m1/s1. The van der Waals surface area contributed by atoms with Crippen LogP contribution in [-0.2, 0) is 13.6 Å². The molecule has 0 saturated carbocycles. The summed E-state index contributed by atoms with van der Waals surface area (Å²) in [6.45, 7) is 1.31. The number of hydrogen-bond donors (Lipinski definition) is 2. The first-order chi connectivity index (χ1) is 11.0. The number of nitrogens with zero attached hydrogens (tertiary/aromatic N) is 3. The van der Waals surface area contributed by atoms with Crippen LogP contribution in [0.3, 0.4) is 0 Å². The van der Waals surface area contributed by atoms with E-state index in [1.54, 1.807) is 23.4 Å². The van der Waals surface area contributed by atoms with Crippen LogP contribution in [-0.4, -0.2) is 39.6 Å². The Hall–Kier alpha value is -2.41. The van der Waals surface area contributed by atoms with Gasteiger partial charge in [-0.2, -0.15) is 0 Å². The van der Waals surface area contributed by atoms with Gasteiger partial charge >= 0.3 is 6.03 Å². The molecule has 1 aliphatic rings. The fraction of sp³-hybridized carbons (Fsp3) is 0.375. The molecule has 2 heterocycles. The summed E-state index contributed by atoms with van der Waals surface area (Å²) < 4.78 is 15.0. The quantitative estimate of drug-likeness (QED) is 0.893. The minimum atomic E-state index is -0.310. The highest BCUT2D eigenvalue weighted by atomic mass is 19.1. The van der Waals surface area contributed by atoms with Crippen molar-refractivity contribution in [3.05, 3.63) is 53.9 Å².